The zero-order chi connectivity index (χ0) is 15.1. The minimum Gasteiger partial charge on any atom is -0.399 e. The molecule has 0 bridgehead atoms. The number of nitriles is 1. The summed E-state index contributed by atoms with van der Waals surface area (Å²) in [6.07, 6.45) is 3.63. The first-order chi connectivity index (χ1) is 10.2. The van der Waals surface area contributed by atoms with E-state index >= 15 is 0 Å². The minimum absolute atomic E-state index is 0.0184. The summed E-state index contributed by atoms with van der Waals surface area (Å²) in [5.41, 5.74) is 6.79. The number of nitrogen functional groups attached to an aromatic ring is 1. The first kappa shape index (κ1) is 14.9. The SMILES string of the molecule is N#C/C(=C/NCC1CCCO1)C(=O)Nc1ccc(N)cc1. The monoisotopic (exact) mass is 286 g/mol. The maximum absolute atomic E-state index is 12.0. The van der Waals surface area contributed by atoms with Gasteiger partial charge in [0.25, 0.3) is 5.91 Å². The molecule has 1 aromatic carbocycles. The summed E-state index contributed by atoms with van der Waals surface area (Å²) in [6, 6.07) is 8.61. The van der Waals surface area contributed by atoms with Crippen LogP contribution in [-0.4, -0.2) is 25.2 Å². The van der Waals surface area contributed by atoms with E-state index in [9.17, 15) is 4.79 Å². The standard InChI is InChI=1S/C15H18N4O2/c16-8-11(9-18-10-14-2-1-7-21-14)15(20)19-13-5-3-12(17)4-6-13/h3-6,9,14,18H,1-2,7,10,17H2,(H,19,20)/b11-9-. The number of rotatable bonds is 5. The van der Waals surface area contributed by atoms with Crippen LogP contribution in [0.2, 0.25) is 0 Å². The largest absolute Gasteiger partial charge is 0.399 e. The molecule has 1 amide bonds. The van der Waals surface area contributed by atoms with E-state index in [1.54, 1.807) is 24.3 Å². The van der Waals surface area contributed by atoms with Crippen LogP contribution in [0.1, 0.15) is 12.8 Å². The quantitative estimate of drug-likeness (QED) is 0.431. The van der Waals surface area contributed by atoms with Gasteiger partial charge >= 0.3 is 0 Å². The molecule has 4 N–H and O–H groups in total. The lowest BCUT2D eigenvalue weighted by atomic mass is 10.2. The second kappa shape index (κ2) is 7.31. The van der Waals surface area contributed by atoms with Gasteiger partial charge in [-0.3, -0.25) is 4.79 Å². The van der Waals surface area contributed by atoms with Gasteiger partial charge in [-0.05, 0) is 37.1 Å². The number of nitrogens with two attached hydrogens (primary N) is 1. The molecule has 110 valence electrons. The van der Waals surface area contributed by atoms with Crippen molar-refractivity contribution < 1.29 is 9.53 Å². The number of hydrogen-bond acceptors (Lipinski definition) is 5. The zero-order valence-corrected chi connectivity index (χ0v) is 11.6. The molecule has 1 aliphatic heterocycles. The number of anilines is 2. The van der Waals surface area contributed by atoms with Gasteiger partial charge in [0, 0.05) is 30.7 Å². The smallest absolute Gasteiger partial charge is 0.267 e. The van der Waals surface area contributed by atoms with Crippen LogP contribution in [0.5, 0.6) is 0 Å². The molecule has 1 aromatic rings. The lowest BCUT2D eigenvalue weighted by Gasteiger charge is -2.09. The molecule has 1 atom stereocenters. The summed E-state index contributed by atoms with van der Waals surface area (Å²) in [5, 5.41) is 14.6. The molecule has 1 aliphatic rings. The molecule has 0 aliphatic carbocycles. The van der Waals surface area contributed by atoms with E-state index in [1.165, 1.54) is 6.20 Å². The third-order valence-corrected chi connectivity index (χ3v) is 3.15. The number of nitrogens with zero attached hydrogens (tertiary/aromatic N) is 1. The predicted octanol–water partition coefficient (Wildman–Crippen LogP) is 1.38. The van der Waals surface area contributed by atoms with Crippen molar-refractivity contribution in [2.45, 2.75) is 18.9 Å². The van der Waals surface area contributed by atoms with Crippen molar-refractivity contribution in [3.8, 4) is 6.07 Å². The number of hydrogen-bond donors (Lipinski definition) is 3. The first-order valence-electron chi connectivity index (χ1n) is 6.81. The summed E-state index contributed by atoms with van der Waals surface area (Å²) in [4.78, 5) is 12.0. The third kappa shape index (κ3) is 4.51. The number of nitrogens with one attached hydrogen (secondary N) is 2. The summed E-state index contributed by atoms with van der Waals surface area (Å²) >= 11 is 0. The van der Waals surface area contributed by atoms with Crippen molar-refractivity contribution in [2.24, 2.45) is 0 Å². The summed E-state index contributed by atoms with van der Waals surface area (Å²) < 4.78 is 5.45. The van der Waals surface area contributed by atoms with E-state index < -0.39 is 5.91 Å². The van der Waals surface area contributed by atoms with Crippen LogP contribution in [0.3, 0.4) is 0 Å². The average molecular weight is 286 g/mol. The Morgan fingerprint density at radius 2 is 2.24 bits per heavy atom. The maximum Gasteiger partial charge on any atom is 0.267 e. The predicted molar refractivity (Wildman–Crippen MR) is 80.2 cm³/mol. The summed E-state index contributed by atoms with van der Waals surface area (Å²) in [5.74, 6) is -0.456. The molecule has 1 heterocycles. The molecular formula is C15H18N4O2. The van der Waals surface area contributed by atoms with E-state index in [0.717, 1.165) is 19.4 Å². The van der Waals surface area contributed by atoms with Crippen LogP contribution in [0.4, 0.5) is 11.4 Å². The van der Waals surface area contributed by atoms with E-state index in [4.69, 9.17) is 15.7 Å². The molecule has 6 heteroatoms. The minimum atomic E-state index is -0.456. The van der Waals surface area contributed by atoms with Gasteiger partial charge in [0.05, 0.1) is 6.10 Å². The van der Waals surface area contributed by atoms with Gasteiger partial charge < -0.3 is 21.1 Å². The van der Waals surface area contributed by atoms with Gasteiger partial charge in [-0.25, -0.2) is 0 Å². The molecular weight excluding hydrogens is 268 g/mol. The van der Waals surface area contributed by atoms with Crippen LogP contribution < -0.4 is 16.4 Å². The van der Waals surface area contributed by atoms with Gasteiger partial charge in [-0.15, -0.1) is 0 Å². The summed E-state index contributed by atoms with van der Waals surface area (Å²) in [7, 11) is 0. The highest BCUT2D eigenvalue weighted by molar-refractivity contribution is 6.06. The molecule has 0 saturated carbocycles. The maximum atomic E-state index is 12.0. The number of carbonyl (C=O) groups is 1. The molecule has 1 saturated heterocycles. The molecule has 1 unspecified atom stereocenters. The molecule has 0 aromatic heterocycles. The van der Waals surface area contributed by atoms with E-state index in [0.29, 0.717) is 17.9 Å². The Morgan fingerprint density at radius 1 is 1.48 bits per heavy atom. The van der Waals surface area contributed by atoms with Gasteiger partial charge in [-0.2, -0.15) is 5.26 Å². The highest BCUT2D eigenvalue weighted by Gasteiger charge is 2.15. The van der Waals surface area contributed by atoms with E-state index in [2.05, 4.69) is 10.6 Å². The molecule has 1 fully saturated rings. The number of ether oxygens (including phenoxy) is 1. The number of amides is 1. The van der Waals surface area contributed by atoms with Crippen molar-refractivity contribution in [1.82, 2.24) is 5.32 Å². The number of benzene rings is 1. The fourth-order valence-corrected chi connectivity index (χ4v) is 2.01. The lowest BCUT2D eigenvalue weighted by molar-refractivity contribution is -0.112. The Hall–Kier alpha value is -2.52. The Balaban J connectivity index is 1.88. The first-order valence-corrected chi connectivity index (χ1v) is 6.81. The van der Waals surface area contributed by atoms with Crippen molar-refractivity contribution >= 4 is 17.3 Å². The highest BCUT2D eigenvalue weighted by Crippen LogP contribution is 2.12. The molecule has 0 radical (unpaired) electrons. The van der Waals surface area contributed by atoms with E-state index in [-0.39, 0.29) is 11.7 Å². The third-order valence-electron chi connectivity index (χ3n) is 3.15. The van der Waals surface area contributed by atoms with Crippen molar-refractivity contribution in [3.05, 3.63) is 36.0 Å². The van der Waals surface area contributed by atoms with Crippen molar-refractivity contribution in [2.75, 3.05) is 24.2 Å². The Bertz CT molecular complexity index is 554. The molecule has 2 rings (SSSR count). The van der Waals surface area contributed by atoms with Crippen LogP contribution in [-0.2, 0) is 9.53 Å². The van der Waals surface area contributed by atoms with Crippen molar-refractivity contribution in [1.29, 1.82) is 5.26 Å². The molecule has 21 heavy (non-hydrogen) atoms. The van der Waals surface area contributed by atoms with Gasteiger partial charge in [0.1, 0.15) is 11.6 Å². The van der Waals surface area contributed by atoms with Gasteiger partial charge in [-0.1, -0.05) is 0 Å². The van der Waals surface area contributed by atoms with Crippen molar-refractivity contribution in [3.63, 3.8) is 0 Å². The van der Waals surface area contributed by atoms with Gasteiger partial charge in [0.2, 0.25) is 0 Å². The van der Waals surface area contributed by atoms with Gasteiger partial charge in [0.15, 0.2) is 0 Å². The van der Waals surface area contributed by atoms with Crippen LogP contribution >= 0.6 is 0 Å². The zero-order valence-electron chi connectivity index (χ0n) is 11.6. The van der Waals surface area contributed by atoms with Crippen LogP contribution in [0, 0.1) is 11.3 Å². The Morgan fingerprint density at radius 3 is 2.86 bits per heavy atom. The molecule has 0 spiro atoms. The second-order valence-electron chi connectivity index (χ2n) is 4.79. The van der Waals surface area contributed by atoms with Crippen LogP contribution in [0.15, 0.2) is 36.0 Å². The van der Waals surface area contributed by atoms with E-state index in [1.807, 2.05) is 6.07 Å². The summed E-state index contributed by atoms with van der Waals surface area (Å²) in [6.45, 7) is 1.37. The Kier molecular flexibility index (Phi) is 5.18. The van der Waals surface area contributed by atoms with Crippen LogP contribution in [0.25, 0.3) is 0 Å². The number of carbonyl (C=O) groups excluding carboxylic acids is 1. The lowest BCUT2D eigenvalue weighted by Crippen LogP contribution is -2.24. The Labute approximate surface area is 123 Å². The highest BCUT2D eigenvalue weighted by atomic mass is 16.5. The fraction of sp³-hybridized carbons (Fsp3) is 0.333. The fourth-order valence-electron chi connectivity index (χ4n) is 2.01. The molecule has 6 nitrogen and oxygen atoms in total. The normalized spacial score (nSPS) is 18.0. The second-order valence-corrected chi connectivity index (χ2v) is 4.79. The topological polar surface area (TPSA) is 100 Å². The average Bonchev–Trinajstić information content (AvgIpc) is 2.99.